The predicted octanol–water partition coefficient (Wildman–Crippen LogP) is 1.16. The summed E-state index contributed by atoms with van der Waals surface area (Å²) in [5.74, 6) is 0.0387. The van der Waals surface area contributed by atoms with Crippen LogP contribution < -0.4 is 0 Å². The lowest BCUT2D eigenvalue weighted by molar-refractivity contribution is 0.0707. The van der Waals surface area contributed by atoms with Gasteiger partial charge in [0.25, 0.3) is 11.8 Å². The Morgan fingerprint density at radius 1 is 1.28 bits per heavy atom. The van der Waals surface area contributed by atoms with Gasteiger partial charge in [-0.2, -0.15) is 5.10 Å². The molecule has 0 aliphatic carbocycles. The highest BCUT2D eigenvalue weighted by atomic mass is 16.2. The summed E-state index contributed by atoms with van der Waals surface area (Å²) < 4.78 is 3.68. The first-order valence-corrected chi connectivity index (χ1v) is 8.59. The second kappa shape index (κ2) is 6.70. The van der Waals surface area contributed by atoms with Crippen LogP contribution in [0.2, 0.25) is 0 Å². The zero-order valence-electron chi connectivity index (χ0n) is 15.2. The molecule has 134 valence electrons. The van der Waals surface area contributed by atoms with E-state index in [-0.39, 0.29) is 11.8 Å². The summed E-state index contributed by atoms with van der Waals surface area (Å²) in [6.07, 6.45) is 3.48. The summed E-state index contributed by atoms with van der Waals surface area (Å²) >= 11 is 0. The number of carbonyl (C=O) groups is 2. The average Bonchev–Trinajstić information content (AvgIpc) is 3.19. The molecule has 0 unspecified atom stereocenters. The van der Waals surface area contributed by atoms with Gasteiger partial charge in [-0.1, -0.05) is 0 Å². The third kappa shape index (κ3) is 3.04. The van der Waals surface area contributed by atoms with E-state index in [1.54, 1.807) is 33.8 Å². The number of aromatic nitrogens is 4. The smallest absolute Gasteiger partial charge is 0.289 e. The van der Waals surface area contributed by atoms with E-state index in [2.05, 4.69) is 10.1 Å². The summed E-state index contributed by atoms with van der Waals surface area (Å²) in [7, 11) is 1.74. The standard InChI is InChI=1S/C17H24N6O2/c1-5-21-7-8-22-11-14(19-15(22)17(21)25)16(24)20(4)10-13-9-18-23(6-2)12(13)3/h9,11H,5-8,10H2,1-4H3. The van der Waals surface area contributed by atoms with Crippen LogP contribution in [0.5, 0.6) is 0 Å². The number of rotatable bonds is 5. The number of aryl methyl sites for hydroxylation is 1. The molecule has 0 spiro atoms. The molecule has 0 aromatic carbocycles. The van der Waals surface area contributed by atoms with E-state index in [0.29, 0.717) is 37.7 Å². The molecule has 0 atom stereocenters. The van der Waals surface area contributed by atoms with Gasteiger partial charge in [0, 0.05) is 57.2 Å². The van der Waals surface area contributed by atoms with Gasteiger partial charge in [-0.3, -0.25) is 14.3 Å². The van der Waals surface area contributed by atoms with Gasteiger partial charge in [-0.25, -0.2) is 4.98 Å². The quantitative estimate of drug-likeness (QED) is 0.815. The first kappa shape index (κ1) is 17.2. The maximum absolute atomic E-state index is 12.7. The van der Waals surface area contributed by atoms with Crippen molar-refractivity contribution in [1.29, 1.82) is 0 Å². The molecule has 1 aliphatic rings. The lowest BCUT2D eigenvalue weighted by Crippen LogP contribution is -2.40. The molecule has 0 bridgehead atoms. The molecule has 1 aliphatic heterocycles. The number of fused-ring (bicyclic) bond motifs is 1. The van der Waals surface area contributed by atoms with Gasteiger partial charge in [0.2, 0.25) is 0 Å². The minimum Gasteiger partial charge on any atom is -0.336 e. The Bertz CT molecular complexity index is 806. The highest BCUT2D eigenvalue weighted by Gasteiger charge is 2.28. The second-order valence-electron chi connectivity index (χ2n) is 6.26. The van der Waals surface area contributed by atoms with Crippen molar-refractivity contribution in [3.05, 3.63) is 35.2 Å². The molecule has 3 heterocycles. The molecule has 0 radical (unpaired) electrons. The molecule has 0 saturated heterocycles. The summed E-state index contributed by atoms with van der Waals surface area (Å²) in [5.41, 5.74) is 2.37. The van der Waals surface area contributed by atoms with Gasteiger partial charge in [-0.05, 0) is 20.8 Å². The number of carbonyl (C=O) groups excluding carboxylic acids is 2. The van der Waals surface area contributed by atoms with Gasteiger partial charge in [0.05, 0.1) is 6.20 Å². The van der Waals surface area contributed by atoms with Crippen molar-refractivity contribution in [1.82, 2.24) is 29.1 Å². The number of hydrogen-bond donors (Lipinski definition) is 0. The van der Waals surface area contributed by atoms with Gasteiger partial charge in [0.1, 0.15) is 5.69 Å². The van der Waals surface area contributed by atoms with Crippen LogP contribution in [0.4, 0.5) is 0 Å². The van der Waals surface area contributed by atoms with Crippen LogP contribution >= 0.6 is 0 Å². The fraction of sp³-hybridized carbons (Fsp3) is 0.529. The van der Waals surface area contributed by atoms with E-state index in [4.69, 9.17) is 0 Å². The van der Waals surface area contributed by atoms with E-state index in [1.165, 1.54) is 0 Å². The Kier molecular flexibility index (Phi) is 4.61. The Morgan fingerprint density at radius 3 is 2.68 bits per heavy atom. The molecule has 2 aromatic heterocycles. The summed E-state index contributed by atoms with van der Waals surface area (Å²) in [6, 6.07) is 0. The van der Waals surface area contributed by atoms with E-state index >= 15 is 0 Å². The number of likely N-dealkylation sites (N-methyl/N-ethyl adjacent to an activating group) is 1. The van der Waals surface area contributed by atoms with E-state index in [1.807, 2.05) is 25.5 Å². The summed E-state index contributed by atoms with van der Waals surface area (Å²) in [5, 5.41) is 4.31. The van der Waals surface area contributed by atoms with Crippen molar-refractivity contribution in [2.24, 2.45) is 0 Å². The summed E-state index contributed by atoms with van der Waals surface area (Å²) in [6.45, 7) is 9.20. The Labute approximate surface area is 147 Å². The van der Waals surface area contributed by atoms with Crippen LogP contribution in [0.25, 0.3) is 0 Å². The summed E-state index contributed by atoms with van der Waals surface area (Å²) in [4.78, 5) is 32.7. The number of imidazole rings is 1. The third-order valence-electron chi connectivity index (χ3n) is 4.73. The molecule has 25 heavy (non-hydrogen) atoms. The topological polar surface area (TPSA) is 76.3 Å². The van der Waals surface area contributed by atoms with Crippen LogP contribution in [0, 0.1) is 6.92 Å². The van der Waals surface area contributed by atoms with Crippen molar-refractivity contribution >= 4 is 11.8 Å². The van der Waals surface area contributed by atoms with E-state index < -0.39 is 0 Å². The molecule has 0 fully saturated rings. The van der Waals surface area contributed by atoms with Crippen LogP contribution in [-0.2, 0) is 19.6 Å². The number of nitrogens with zero attached hydrogens (tertiary/aromatic N) is 6. The molecule has 8 heteroatoms. The molecule has 0 saturated carbocycles. The second-order valence-corrected chi connectivity index (χ2v) is 6.26. The molecule has 8 nitrogen and oxygen atoms in total. The molecule has 2 aromatic rings. The minimum atomic E-state index is -0.193. The first-order chi connectivity index (χ1) is 12.0. The van der Waals surface area contributed by atoms with Crippen LogP contribution in [0.3, 0.4) is 0 Å². The number of hydrogen-bond acceptors (Lipinski definition) is 4. The monoisotopic (exact) mass is 344 g/mol. The van der Waals surface area contributed by atoms with Gasteiger partial charge >= 0.3 is 0 Å². The Hall–Kier alpha value is -2.64. The molecular weight excluding hydrogens is 320 g/mol. The van der Waals surface area contributed by atoms with Crippen LogP contribution in [0.15, 0.2) is 12.4 Å². The van der Waals surface area contributed by atoms with E-state index in [0.717, 1.165) is 17.8 Å². The van der Waals surface area contributed by atoms with Crippen molar-refractivity contribution < 1.29 is 9.59 Å². The minimum absolute atomic E-state index is 0.115. The van der Waals surface area contributed by atoms with E-state index in [9.17, 15) is 9.59 Å². The Morgan fingerprint density at radius 2 is 2.04 bits per heavy atom. The SMILES string of the molecule is CCN1CCn2cc(C(=O)N(C)Cc3cnn(CC)c3C)nc2C1=O. The molecule has 2 amide bonds. The zero-order valence-corrected chi connectivity index (χ0v) is 15.2. The van der Waals surface area contributed by atoms with Crippen molar-refractivity contribution in [3.8, 4) is 0 Å². The third-order valence-corrected chi connectivity index (χ3v) is 4.73. The first-order valence-electron chi connectivity index (χ1n) is 8.59. The average molecular weight is 344 g/mol. The maximum atomic E-state index is 12.7. The normalized spacial score (nSPS) is 13.9. The van der Waals surface area contributed by atoms with Crippen LogP contribution in [0.1, 0.15) is 46.2 Å². The fourth-order valence-electron chi connectivity index (χ4n) is 3.12. The van der Waals surface area contributed by atoms with Crippen molar-refractivity contribution in [3.63, 3.8) is 0 Å². The van der Waals surface area contributed by atoms with Gasteiger partial charge in [-0.15, -0.1) is 0 Å². The highest BCUT2D eigenvalue weighted by molar-refractivity contribution is 5.96. The number of amides is 2. The lowest BCUT2D eigenvalue weighted by Gasteiger charge is -2.25. The van der Waals surface area contributed by atoms with Crippen LogP contribution in [-0.4, -0.2) is 61.1 Å². The van der Waals surface area contributed by atoms with Crippen molar-refractivity contribution in [2.75, 3.05) is 20.1 Å². The molecule has 3 rings (SSSR count). The predicted molar refractivity (Wildman–Crippen MR) is 92.2 cm³/mol. The lowest BCUT2D eigenvalue weighted by atomic mass is 10.2. The Balaban J connectivity index is 1.77. The highest BCUT2D eigenvalue weighted by Crippen LogP contribution is 2.16. The van der Waals surface area contributed by atoms with Gasteiger partial charge < -0.3 is 14.4 Å². The molecule has 0 N–H and O–H groups in total. The molecular formula is C17H24N6O2. The fourth-order valence-corrected chi connectivity index (χ4v) is 3.12. The zero-order chi connectivity index (χ0) is 18.1. The maximum Gasteiger partial charge on any atom is 0.289 e. The van der Waals surface area contributed by atoms with Gasteiger partial charge in [0.15, 0.2) is 5.82 Å². The largest absolute Gasteiger partial charge is 0.336 e. The van der Waals surface area contributed by atoms with Crippen molar-refractivity contribution in [2.45, 2.75) is 40.4 Å².